The minimum Gasteiger partial charge on any atom is -0.459 e. The van der Waals surface area contributed by atoms with Gasteiger partial charge in [-0.1, -0.05) is 0 Å². The zero-order valence-corrected chi connectivity index (χ0v) is 16.0. The zero-order valence-electron chi connectivity index (χ0n) is 16.0. The predicted molar refractivity (Wildman–Crippen MR) is 105 cm³/mol. The fourth-order valence-corrected chi connectivity index (χ4v) is 3.45. The Labute approximate surface area is 160 Å². The van der Waals surface area contributed by atoms with E-state index in [1.54, 1.807) is 25.5 Å². The van der Waals surface area contributed by atoms with Crippen molar-refractivity contribution in [1.82, 2.24) is 24.6 Å². The van der Waals surface area contributed by atoms with E-state index in [1.807, 2.05) is 36.6 Å². The lowest BCUT2D eigenvalue weighted by Gasteiger charge is -2.14. The lowest BCUT2D eigenvalue weighted by Crippen LogP contribution is -2.37. The molecule has 1 amide bonds. The minimum atomic E-state index is -0.744. The molecule has 0 aliphatic carbocycles. The first kappa shape index (κ1) is 18.0. The van der Waals surface area contributed by atoms with Crippen molar-refractivity contribution < 1.29 is 9.21 Å². The first-order valence-electron chi connectivity index (χ1n) is 9.18. The maximum absolute atomic E-state index is 13.1. The summed E-state index contributed by atoms with van der Waals surface area (Å²) >= 11 is 0. The van der Waals surface area contributed by atoms with Crippen molar-refractivity contribution in [2.24, 2.45) is 0 Å². The van der Waals surface area contributed by atoms with Gasteiger partial charge in [0.05, 0.1) is 17.1 Å². The molecule has 0 spiro atoms. The Bertz CT molecular complexity index is 1220. The Kier molecular flexibility index (Phi) is 4.46. The summed E-state index contributed by atoms with van der Waals surface area (Å²) in [6.45, 7) is 6.47. The molecule has 0 unspecified atom stereocenters. The van der Waals surface area contributed by atoms with Crippen LogP contribution in [0.15, 0.2) is 46.0 Å². The number of aromatic nitrogens is 4. The highest BCUT2D eigenvalue weighted by Crippen LogP contribution is 2.29. The fourth-order valence-electron chi connectivity index (χ4n) is 3.45. The summed E-state index contributed by atoms with van der Waals surface area (Å²) in [5.74, 6) is 0.502. The topological polar surface area (TPSA) is 94.9 Å². The molecule has 4 aromatic heterocycles. The second-order valence-electron chi connectivity index (χ2n) is 6.72. The maximum atomic E-state index is 13.1. The van der Waals surface area contributed by atoms with Crippen LogP contribution in [-0.2, 0) is 17.9 Å². The molecule has 0 radical (unpaired) electrons. The van der Waals surface area contributed by atoms with E-state index in [1.165, 1.54) is 4.68 Å². The van der Waals surface area contributed by atoms with E-state index in [0.717, 1.165) is 16.8 Å². The lowest BCUT2D eigenvalue weighted by atomic mass is 10.2. The Hall–Kier alpha value is -3.42. The monoisotopic (exact) mass is 379 g/mol. The second kappa shape index (κ2) is 6.95. The molecule has 0 bridgehead atoms. The third kappa shape index (κ3) is 2.87. The Balaban J connectivity index is 1.69. The summed E-state index contributed by atoms with van der Waals surface area (Å²) in [5, 5.41) is 7.75. The fraction of sp³-hybridized carbons (Fsp3) is 0.300. The van der Waals surface area contributed by atoms with Gasteiger partial charge in [0, 0.05) is 31.5 Å². The van der Waals surface area contributed by atoms with Gasteiger partial charge in [0.25, 0.3) is 5.56 Å². The molecule has 4 rings (SSSR count). The number of furan rings is 1. The molecule has 144 valence electrons. The first-order chi connectivity index (χ1) is 13.5. The number of carbonyl (C=O) groups is 1. The molecule has 8 heteroatoms. The zero-order chi connectivity index (χ0) is 19.8. The quantitative estimate of drug-likeness (QED) is 0.575. The standard InChI is InChI=1S/C20H21N5O3/c1-4-24-16-9-12(2)28-18(16)15-11-23-25(20(27)17(15)24)13(3)19(26)22-10-14-5-7-21-8-6-14/h5-9,11,13H,4,10H2,1-3H3,(H,22,26)/t13-/m0/s1. The van der Waals surface area contributed by atoms with Gasteiger partial charge in [-0.05, 0) is 38.5 Å². The van der Waals surface area contributed by atoms with Gasteiger partial charge < -0.3 is 14.3 Å². The van der Waals surface area contributed by atoms with Crippen molar-refractivity contribution in [2.45, 2.75) is 39.9 Å². The largest absolute Gasteiger partial charge is 0.459 e. The number of hydrogen-bond donors (Lipinski definition) is 1. The number of fused-ring (bicyclic) bond motifs is 3. The normalized spacial score (nSPS) is 12.5. The molecule has 0 aliphatic heterocycles. The number of aryl methyl sites for hydroxylation is 2. The van der Waals surface area contributed by atoms with Crippen LogP contribution in [0.5, 0.6) is 0 Å². The van der Waals surface area contributed by atoms with Gasteiger partial charge in [-0.15, -0.1) is 0 Å². The van der Waals surface area contributed by atoms with Crippen molar-refractivity contribution in [3.8, 4) is 0 Å². The third-order valence-electron chi connectivity index (χ3n) is 4.90. The smallest absolute Gasteiger partial charge is 0.292 e. The van der Waals surface area contributed by atoms with Crippen molar-refractivity contribution >= 4 is 27.9 Å². The van der Waals surface area contributed by atoms with Crippen molar-refractivity contribution in [3.05, 3.63) is 58.5 Å². The summed E-state index contributed by atoms with van der Waals surface area (Å²) in [7, 11) is 0. The highest BCUT2D eigenvalue weighted by molar-refractivity contribution is 6.04. The molecule has 1 N–H and O–H groups in total. The van der Waals surface area contributed by atoms with Crippen LogP contribution in [-0.4, -0.2) is 25.2 Å². The Morgan fingerprint density at radius 3 is 2.79 bits per heavy atom. The van der Waals surface area contributed by atoms with Gasteiger partial charge in [0.15, 0.2) is 5.58 Å². The average molecular weight is 379 g/mol. The molecule has 4 heterocycles. The molecule has 4 aromatic rings. The van der Waals surface area contributed by atoms with Crippen LogP contribution in [0.25, 0.3) is 22.0 Å². The molecular formula is C20H21N5O3. The predicted octanol–water partition coefficient (Wildman–Crippen LogP) is 2.54. The highest BCUT2D eigenvalue weighted by atomic mass is 16.3. The molecule has 28 heavy (non-hydrogen) atoms. The number of hydrogen-bond acceptors (Lipinski definition) is 5. The summed E-state index contributed by atoms with van der Waals surface area (Å²) in [6.07, 6.45) is 4.93. The molecule has 0 saturated heterocycles. The van der Waals surface area contributed by atoms with Gasteiger partial charge in [0.1, 0.15) is 17.3 Å². The van der Waals surface area contributed by atoms with Crippen LogP contribution < -0.4 is 10.9 Å². The number of nitrogens with one attached hydrogen (secondary N) is 1. The molecule has 0 fully saturated rings. The van der Waals surface area contributed by atoms with Crippen LogP contribution in [0.4, 0.5) is 0 Å². The van der Waals surface area contributed by atoms with E-state index in [-0.39, 0.29) is 11.5 Å². The molecular weight excluding hydrogens is 358 g/mol. The van der Waals surface area contributed by atoms with E-state index in [4.69, 9.17) is 4.42 Å². The molecule has 1 atom stereocenters. The third-order valence-corrected chi connectivity index (χ3v) is 4.90. The van der Waals surface area contributed by atoms with Crippen LogP contribution in [0.1, 0.15) is 31.2 Å². The van der Waals surface area contributed by atoms with Gasteiger partial charge in [-0.25, -0.2) is 4.68 Å². The van der Waals surface area contributed by atoms with E-state index >= 15 is 0 Å². The van der Waals surface area contributed by atoms with Crippen molar-refractivity contribution in [1.29, 1.82) is 0 Å². The Morgan fingerprint density at radius 2 is 2.07 bits per heavy atom. The molecule has 8 nitrogen and oxygen atoms in total. The van der Waals surface area contributed by atoms with Gasteiger partial charge >= 0.3 is 0 Å². The highest BCUT2D eigenvalue weighted by Gasteiger charge is 2.23. The molecule has 0 aromatic carbocycles. The van der Waals surface area contributed by atoms with E-state index in [2.05, 4.69) is 15.4 Å². The minimum absolute atomic E-state index is 0.278. The molecule has 0 aliphatic rings. The van der Waals surface area contributed by atoms with Crippen molar-refractivity contribution in [3.63, 3.8) is 0 Å². The van der Waals surface area contributed by atoms with Crippen LogP contribution >= 0.6 is 0 Å². The van der Waals surface area contributed by atoms with Gasteiger partial charge in [-0.3, -0.25) is 14.6 Å². The summed E-state index contributed by atoms with van der Waals surface area (Å²) in [6, 6.07) is 4.82. The first-order valence-corrected chi connectivity index (χ1v) is 9.18. The van der Waals surface area contributed by atoms with E-state index < -0.39 is 6.04 Å². The van der Waals surface area contributed by atoms with Crippen LogP contribution in [0, 0.1) is 6.92 Å². The summed E-state index contributed by atoms with van der Waals surface area (Å²) in [4.78, 5) is 29.7. The maximum Gasteiger partial charge on any atom is 0.292 e. The van der Waals surface area contributed by atoms with E-state index in [0.29, 0.717) is 29.6 Å². The van der Waals surface area contributed by atoms with E-state index in [9.17, 15) is 9.59 Å². The van der Waals surface area contributed by atoms with Crippen LogP contribution in [0.3, 0.4) is 0 Å². The lowest BCUT2D eigenvalue weighted by molar-refractivity contribution is -0.124. The number of pyridine rings is 1. The molecule has 0 saturated carbocycles. The average Bonchev–Trinajstić information content (AvgIpc) is 3.22. The van der Waals surface area contributed by atoms with Crippen LogP contribution in [0.2, 0.25) is 0 Å². The number of amides is 1. The number of nitrogens with zero attached hydrogens (tertiary/aromatic N) is 4. The number of carbonyl (C=O) groups excluding carboxylic acids is 1. The number of rotatable bonds is 5. The van der Waals surface area contributed by atoms with Gasteiger partial charge in [-0.2, -0.15) is 5.10 Å². The SMILES string of the molecule is CCn1c2cc(C)oc2c2cnn([C@@H](C)C(=O)NCc3ccncc3)c(=O)c21. The van der Waals surface area contributed by atoms with Crippen molar-refractivity contribution in [2.75, 3.05) is 0 Å². The summed E-state index contributed by atoms with van der Waals surface area (Å²) < 4.78 is 8.89. The van der Waals surface area contributed by atoms with Gasteiger partial charge in [0.2, 0.25) is 5.91 Å². The Morgan fingerprint density at radius 1 is 1.32 bits per heavy atom. The second-order valence-corrected chi connectivity index (χ2v) is 6.72. The summed E-state index contributed by atoms with van der Waals surface area (Å²) in [5.41, 5.74) is 2.64.